The van der Waals surface area contributed by atoms with Crippen molar-refractivity contribution in [2.75, 3.05) is 4.90 Å². The van der Waals surface area contributed by atoms with Gasteiger partial charge in [-0.25, -0.2) is 0 Å². The number of rotatable bonds is 6. The molecule has 4 nitrogen and oxygen atoms in total. The summed E-state index contributed by atoms with van der Waals surface area (Å²) in [5.74, 6) is 1.75. The molecular formula is C63H41BN2O2. The summed E-state index contributed by atoms with van der Waals surface area (Å²) in [5.41, 5.74) is 20.7. The monoisotopic (exact) mass is 868 g/mol. The zero-order valence-electron chi connectivity index (χ0n) is 37.1. The highest BCUT2D eigenvalue weighted by atomic mass is 16.5. The molecule has 318 valence electrons. The smallest absolute Gasteiger partial charge is 0.256 e. The molecule has 9 aromatic carbocycles. The zero-order valence-corrected chi connectivity index (χ0v) is 37.1. The van der Waals surface area contributed by atoms with Crippen molar-refractivity contribution >= 4 is 73.0 Å². The van der Waals surface area contributed by atoms with Crippen LogP contribution in [0, 0.1) is 0 Å². The summed E-state index contributed by atoms with van der Waals surface area (Å²) in [6.45, 7) is -0.0414. The number of fused-ring (bicyclic) bond motifs is 12. The molecule has 0 bridgehead atoms. The summed E-state index contributed by atoms with van der Waals surface area (Å²) in [5, 5.41) is 3.45. The van der Waals surface area contributed by atoms with Gasteiger partial charge in [0, 0.05) is 50.5 Å². The highest BCUT2D eigenvalue weighted by molar-refractivity contribution is 6.99. The van der Waals surface area contributed by atoms with Crippen LogP contribution in [-0.4, -0.2) is 11.3 Å². The van der Waals surface area contributed by atoms with Gasteiger partial charge in [-0.2, -0.15) is 0 Å². The number of para-hydroxylation sites is 2. The number of benzene rings is 9. The summed E-state index contributed by atoms with van der Waals surface area (Å²) in [7, 11) is 0. The van der Waals surface area contributed by atoms with E-state index < -0.39 is 5.41 Å². The predicted octanol–water partition coefficient (Wildman–Crippen LogP) is 14.2. The van der Waals surface area contributed by atoms with Gasteiger partial charge in [0.1, 0.15) is 22.7 Å². The molecule has 5 heteroatoms. The van der Waals surface area contributed by atoms with Crippen LogP contribution in [-0.2, 0) is 5.41 Å². The van der Waals surface area contributed by atoms with E-state index in [1.54, 1.807) is 0 Å². The number of aromatic nitrogens is 1. The van der Waals surface area contributed by atoms with Crippen LogP contribution in [0.3, 0.4) is 0 Å². The molecule has 2 aliphatic heterocycles. The van der Waals surface area contributed by atoms with E-state index in [9.17, 15) is 0 Å². The SMILES string of the molecule is C1=CC(C2(c3ccccc3)c3ccccc3-c3c2c2cccc4c2n3-c2cccc3c2B4c2ccc(N(c4ccc(-c5ccccc5)cc4)c4cccc5oc6ccccc6c45)cc2O3)=CCC1. The average Bonchev–Trinajstić information content (AvgIpc) is 4.06. The first-order valence-electron chi connectivity index (χ1n) is 23.8. The Morgan fingerprint density at radius 1 is 0.559 bits per heavy atom. The fraction of sp³-hybridized carbons (Fsp3) is 0.0476. The van der Waals surface area contributed by atoms with Crippen LogP contribution in [0.4, 0.5) is 17.1 Å². The van der Waals surface area contributed by atoms with E-state index in [0.29, 0.717) is 0 Å². The number of hydrogen-bond donors (Lipinski definition) is 0. The molecule has 0 amide bonds. The molecule has 0 N–H and O–H groups in total. The fourth-order valence-corrected chi connectivity index (χ4v) is 12.5. The van der Waals surface area contributed by atoms with E-state index in [-0.39, 0.29) is 6.71 Å². The molecular weight excluding hydrogens is 828 g/mol. The minimum absolute atomic E-state index is 0.0414. The maximum atomic E-state index is 7.21. The van der Waals surface area contributed by atoms with Gasteiger partial charge in [0.2, 0.25) is 0 Å². The van der Waals surface area contributed by atoms with Crippen molar-refractivity contribution in [1.29, 1.82) is 0 Å². The van der Waals surface area contributed by atoms with Crippen LogP contribution < -0.4 is 26.0 Å². The Morgan fingerprint density at radius 3 is 2.16 bits per heavy atom. The highest BCUT2D eigenvalue weighted by Gasteiger charge is 2.52. The third-order valence-corrected chi connectivity index (χ3v) is 15.1. The second kappa shape index (κ2) is 14.2. The van der Waals surface area contributed by atoms with Crippen LogP contribution in [0.5, 0.6) is 11.5 Å². The van der Waals surface area contributed by atoms with Gasteiger partial charge in [0.05, 0.1) is 22.2 Å². The molecule has 0 saturated carbocycles. The zero-order chi connectivity index (χ0) is 44.5. The van der Waals surface area contributed by atoms with Crippen LogP contribution in [0.15, 0.2) is 234 Å². The first-order valence-corrected chi connectivity index (χ1v) is 23.8. The van der Waals surface area contributed by atoms with Gasteiger partial charge in [-0.1, -0.05) is 170 Å². The van der Waals surface area contributed by atoms with E-state index in [1.165, 1.54) is 72.2 Å². The molecule has 4 heterocycles. The third kappa shape index (κ3) is 5.05. The predicted molar refractivity (Wildman–Crippen MR) is 280 cm³/mol. The van der Waals surface area contributed by atoms with Crippen LogP contribution in [0.25, 0.3) is 60.9 Å². The molecule has 1 atom stereocenters. The van der Waals surface area contributed by atoms with Crippen molar-refractivity contribution in [3.05, 3.63) is 247 Å². The molecule has 2 aromatic heterocycles. The van der Waals surface area contributed by atoms with Gasteiger partial charge in [0.15, 0.2) is 0 Å². The second-order valence-electron chi connectivity index (χ2n) is 18.5. The molecule has 0 radical (unpaired) electrons. The van der Waals surface area contributed by atoms with Crippen LogP contribution in [0.2, 0.25) is 0 Å². The number of nitrogens with zero attached hydrogens (tertiary/aromatic N) is 2. The number of anilines is 3. The summed E-state index contributed by atoms with van der Waals surface area (Å²) in [4.78, 5) is 2.36. The molecule has 68 heavy (non-hydrogen) atoms. The van der Waals surface area contributed by atoms with Gasteiger partial charge < -0.3 is 18.6 Å². The lowest BCUT2D eigenvalue weighted by Crippen LogP contribution is -2.58. The van der Waals surface area contributed by atoms with Crippen molar-refractivity contribution in [1.82, 2.24) is 4.57 Å². The lowest BCUT2D eigenvalue weighted by molar-refractivity contribution is 0.487. The van der Waals surface area contributed by atoms with Crippen molar-refractivity contribution in [2.45, 2.75) is 18.3 Å². The average molecular weight is 869 g/mol. The van der Waals surface area contributed by atoms with Crippen molar-refractivity contribution in [2.24, 2.45) is 0 Å². The first kappa shape index (κ1) is 37.7. The van der Waals surface area contributed by atoms with E-state index in [1.807, 2.05) is 6.07 Å². The van der Waals surface area contributed by atoms with Crippen molar-refractivity contribution in [3.63, 3.8) is 0 Å². The molecule has 0 saturated heterocycles. The minimum Gasteiger partial charge on any atom is -0.458 e. The number of allylic oxidation sites excluding steroid dienone is 4. The number of hydrogen-bond acceptors (Lipinski definition) is 3. The Bertz CT molecular complexity index is 3960. The van der Waals surface area contributed by atoms with Crippen LogP contribution in [0.1, 0.15) is 29.5 Å². The summed E-state index contributed by atoms with van der Waals surface area (Å²) in [6.07, 6.45) is 9.34. The largest absolute Gasteiger partial charge is 0.458 e. The lowest BCUT2D eigenvalue weighted by atomic mass is 9.34. The normalized spacial score (nSPS) is 16.0. The molecule has 11 aromatic rings. The quantitative estimate of drug-likeness (QED) is 0.156. The fourth-order valence-electron chi connectivity index (χ4n) is 12.5. The standard InChI is InChI=1S/C63H41BN2O2/c1-4-17-40(18-5-1)41-33-35-44(36-34-41)65(52-28-15-31-55-58(52)47-24-11-13-30-54(47)67-55)45-37-38-50-57(39-45)68-56-32-16-29-53-60(56)64(50)51-27-14-25-48-59-62(66(53)61(48)51)46-23-10-12-26-49(46)63(59,42-19-6-2-7-20-42)43-21-8-3-9-22-43/h1-2,4-8,10-39H,3,9H2. The Morgan fingerprint density at radius 2 is 1.29 bits per heavy atom. The first-order chi connectivity index (χ1) is 33.8. The van der Waals surface area contributed by atoms with Crippen LogP contribution >= 0.6 is 0 Å². The van der Waals surface area contributed by atoms with Crippen molar-refractivity contribution in [3.8, 4) is 39.6 Å². The minimum atomic E-state index is -0.487. The molecule has 15 rings (SSSR count). The summed E-state index contributed by atoms with van der Waals surface area (Å²) >= 11 is 0. The summed E-state index contributed by atoms with van der Waals surface area (Å²) < 4.78 is 16.3. The maximum Gasteiger partial charge on any atom is 0.256 e. The Balaban J connectivity index is 0.955. The molecule has 1 unspecified atom stereocenters. The second-order valence-corrected chi connectivity index (χ2v) is 18.5. The highest BCUT2D eigenvalue weighted by Crippen LogP contribution is 2.61. The Labute approximate surface area is 394 Å². The molecule has 0 fully saturated rings. The van der Waals surface area contributed by atoms with E-state index in [2.05, 4.69) is 228 Å². The topological polar surface area (TPSA) is 30.5 Å². The molecule has 0 spiro atoms. The van der Waals surface area contributed by atoms with E-state index in [4.69, 9.17) is 9.15 Å². The van der Waals surface area contributed by atoms with Gasteiger partial charge in [0.25, 0.3) is 6.71 Å². The maximum absolute atomic E-state index is 7.21. The molecule has 4 aliphatic rings. The lowest BCUT2D eigenvalue weighted by Gasteiger charge is -2.36. The van der Waals surface area contributed by atoms with Crippen molar-refractivity contribution < 1.29 is 9.15 Å². The van der Waals surface area contributed by atoms with Gasteiger partial charge in [-0.15, -0.1) is 0 Å². The van der Waals surface area contributed by atoms with E-state index >= 15 is 0 Å². The van der Waals surface area contributed by atoms with Gasteiger partial charge in [-0.3, -0.25) is 0 Å². The Kier molecular flexibility index (Phi) is 7.88. The van der Waals surface area contributed by atoms with Gasteiger partial charge >= 0.3 is 0 Å². The van der Waals surface area contributed by atoms with Gasteiger partial charge in [-0.05, 0) is 106 Å². The van der Waals surface area contributed by atoms with E-state index in [0.717, 1.165) is 68.8 Å². The summed E-state index contributed by atoms with van der Waals surface area (Å²) in [6, 6.07) is 75.1. The molecule has 2 aliphatic carbocycles. The third-order valence-electron chi connectivity index (χ3n) is 15.1. The number of ether oxygens (including phenoxy) is 1. The Hall–Kier alpha value is -8.54. The number of furan rings is 1.